The van der Waals surface area contributed by atoms with E-state index in [4.69, 9.17) is 10.2 Å². The van der Waals surface area contributed by atoms with Crippen LogP contribution in [-0.2, 0) is 9.59 Å². The number of carboxylic acid groups (broad SMARTS) is 2. The van der Waals surface area contributed by atoms with Crippen LogP contribution in [0.1, 0.15) is 38.5 Å². The minimum Gasteiger partial charge on any atom is -0.481 e. The van der Waals surface area contributed by atoms with E-state index in [1.807, 2.05) is 0 Å². The molecule has 1 radical (unpaired) electrons. The van der Waals surface area contributed by atoms with Crippen molar-refractivity contribution in [2.75, 3.05) is 0 Å². The second-order valence-corrected chi connectivity index (χ2v) is 2.70. The molecule has 0 saturated heterocycles. The van der Waals surface area contributed by atoms with Gasteiger partial charge in [0.15, 0.2) is 0 Å². The first-order valence-corrected chi connectivity index (χ1v) is 4.06. The largest absolute Gasteiger partial charge is 0.481 e. The summed E-state index contributed by atoms with van der Waals surface area (Å²) in [4.78, 5) is 20.1. The van der Waals surface area contributed by atoms with Gasteiger partial charge < -0.3 is 10.2 Å². The van der Waals surface area contributed by atoms with Crippen LogP contribution in [0.25, 0.3) is 0 Å². The van der Waals surface area contributed by atoms with Gasteiger partial charge >= 0.3 is 11.9 Å². The maximum absolute atomic E-state index is 10.0. The fraction of sp³-hybridized carbons (Fsp3) is 0.750. The van der Waals surface area contributed by atoms with E-state index in [-0.39, 0.29) is 64.2 Å². The Kier molecular flexibility index (Phi) is 13.1. The first-order valence-electron chi connectivity index (χ1n) is 4.06. The van der Waals surface area contributed by atoms with Crippen LogP contribution < -0.4 is 0 Å². The molecule has 0 aliphatic rings. The zero-order chi connectivity index (χ0) is 9.40. The Labute approximate surface area is 120 Å². The molecule has 0 aromatic carbocycles. The molecule has 5 heteroatoms. The molecule has 13 heavy (non-hydrogen) atoms. The van der Waals surface area contributed by atoms with Crippen LogP contribution in [0.3, 0.4) is 0 Å². The monoisotopic (exact) mass is 213 g/mol. The Hall–Kier alpha value is 0.576. The van der Waals surface area contributed by atoms with Crippen LogP contribution in [0.5, 0.6) is 0 Å². The average molecular weight is 213 g/mol. The maximum Gasteiger partial charge on any atom is 0.303 e. The van der Waals surface area contributed by atoms with E-state index < -0.39 is 11.9 Å². The topological polar surface area (TPSA) is 74.6 Å². The van der Waals surface area contributed by atoms with E-state index in [9.17, 15) is 9.59 Å². The fourth-order valence-electron chi connectivity index (χ4n) is 0.906. The van der Waals surface area contributed by atoms with E-state index >= 15 is 0 Å². The van der Waals surface area contributed by atoms with Gasteiger partial charge in [0.05, 0.1) is 0 Å². The molecule has 0 aromatic rings. The van der Waals surface area contributed by atoms with Gasteiger partial charge in [-0.15, -0.1) is 0 Å². The summed E-state index contributed by atoms with van der Waals surface area (Å²) in [7, 11) is 0. The smallest absolute Gasteiger partial charge is 0.303 e. The van der Waals surface area contributed by atoms with Crippen molar-refractivity contribution in [3.05, 3.63) is 0 Å². The molecule has 0 heterocycles. The quantitative estimate of drug-likeness (QED) is 0.491. The number of hydrogen-bond donors (Lipinski definition) is 2. The predicted molar refractivity (Wildman–Crippen MR) is 48.7 cm³/mol. The van der Waals surface area contributed by atoms with Crippen molar-refractivity contribution in [2.45, 2.75) is 38.5 Å². The summed E-state index contributed by atoms with van der Waals surface area (Å²) in [6, 6.07) is 0. The Morgan fingerprint density at radius 3 is 1.31 bits per heavy atom. The Balaban J connectivity index is 0. The molecule has 0 aliphatic heterocycles. The number of rotatable bonds is 7. The van der Waals surface area contributed by atoms with Crippen LogP contribution in [-0.4, -0.2) is 73.5 Å². The van der Waals surface area contributed by atoms with E-state index in [2.05, 4.69) is 0 Å². The molecule has 0 fully saturated rings. The number of carbonyl (C=O) groups is 2. The van der Waals surface area contributed by atoms with Crippen LogP contribution in [0, 0.1) is 0 Å². The van der Waals surface area contributed by atoms with Crippen molar-refractivity contribution in [1.29, 1.82) is 0 Å². The zero-order valence-corrected chi connectivity index (χ0v) is 11.1. The summed E-state index contributed by atoms with van der Waals surface area (Å²) in [6.07, 6.45) is 3.28. The minimum atomic E-state index is -0.784. The molecule has 2 N–H and O–H groups in total. The molecule has 0 atom stereocenters. The van der Waals surface area contributed by atoms with Gasteiger partial charge in [0.1, 0.15) is 0 Å². The summed E-state index contributed by atoms with van der Waals surface area (Å²) >= 11 is 0. The van der Waals surface area contributed by atoms with E-state index in [0.29, 0.717) is 12.8 Å². The van der Waals surface area contributed by atoms with Crippen molar-refractivity contribution in [3.8, 4) is 0 Å². The fourth-order valence-corrected chi connectivity index (χ4v) is 0.906. The summed E-state index contributed by atoms with van der Waals surface area (Å²) in [5.74, 6) is -1.57. The summed E-state index contributed by atoms with van der Waals surface area (Å²) in [6.45, 7) is 0. The predicted octanol–water partition coefficient (Wildman–Crippen LogP) is 1.12. The Bertz CT molecular complexity index is 140. The number of aliphatic carboxylic acids is 2. The molecule has 0 spiro atoms. The molecule has 0 rings (SSSR count). The first kappa shape index (κ1) is 16.0. The van der Waals surface area contributed by atoms with E-state index in [1.165, 1.54) is 0 Å². The van der Waals surface area contributed by atoms with Crippen LogP contribution in [0.15, 0.2) is 0 Å². The third-order valence-corrected chi connectivity index (χ3v) is 1.53. The summed E-state index contributed by atoms with van der Waals surface area (Å²) in [5.41, 5.74) is 0. The second kappa shape index (κ2) is 10.7. The van der Waals surface area contributed by atoms with Crippen molar-refractivity contribution < 1.29 is 19.8 Å². The van der Waals surface area contributed by atoms with Gasteiger partial charge in [0.2, 0.25) is 0 Å². The summed E-state index contributed by atoms with van der Waals surface area (Å²) in [5, 5.41) is 16.5. The number of hydrogen-bond acceptors (Lipinski definition) is 2. The van der Waals surface area contributed by atoms with Gasteiger partial charge in [-0.1, -0.05) is 12.8 Å². The van der Waals surface area contributed by atoms with Gasteiger partial charge in [0.25, 0.3) is 0 Å². The molecule has 0 saturated carbocycles. The molecule has 0 amide bonds. The molecule has 0 bridgehead atoms. The molecule has 4 nitrogen and oxygen atoms in total. The van der Waals surface area contributed by atoms with Crippen LogP contribution >= 0.6 is 0 Å². The third-order valence-electron chi connectivity index (χ3n) is 1.53. The van der Waals surface area contributed by atoms with E-state index in [1.54, 1.807) is 0 Å². The van der Waals surface area contributed by atoms with Crippen LogP contribution in [0.4, 0.5) is 0 Å². The third kappa shape index (κ3) is 15.3. The standard InChI is InChI=1S/C8H14O4.K/c9-7(10)5-3-1-2-4-6-8(11)12;/h1-6H2,(H,9,10)(H,11,12);. The maximum atomic E-state index is 10.0. The number of carboxylic acids is 2. The Morgan fingerprint density at radius 1 is 0.769 bits per heavy atom. The van der Waals surface area contributed by atoms with Crippen molar-refractivity contribution in [3.63, 3.8) is 0 Å². The van der Waals surface area contributed by atoms with Gasteiger partial charge in [-0.2, -0.15) is 0 Å². The van der Waals surface area contributed by atoms with Crippen molar-refractivity contribution in [1.82, 2.24) is 0 Å². The molecule has 0 aromatic heterocycles. The number of unbranched alkanes of at least 4 members (excludes halogenated alkanes) is 3. The molecule has 0 aliphatic carbocycles. The SMILES string of the molecule is O=C(O)CCCCCCC(=O)O.[K]. The van der Waals surface area contributed by atoms with Gasteiger partial charge in [0, 0.05) is 64.2 Å². The van der Waals surface area contributed by atoms with Crippen molar-refractivity contribution >= 4 is 63.3 Å². The molecular formula is C8H14KO4. The minimum absolute atomic E-state index is 0. The van der Waals surface area contributed by atoms with Gasteiger partial charge in [-0.3, -0.25) is 9.59 Å². The average Bonchev–Trinajstić information content (AvgIpc) is 1.95. The van der Waals surface area contributed by atoms with Crippen LogP contribution in [0.2, 0.25) is 0 Å². The zero-order valence-electron chi connectivity index (χ0n) is 7.95. The normalized spacial score (nSPS) is 8.92. The Morgan fingerprint density at radius 2 is 1.08 bits per heavy atom. The molecular weight excluding hydrogens is 199 g/mol. The van der Waals surface area contributed by atoms with Gasteiger partial charge in [-0.05, 0) is 12.8 Å². The molecule has 0 unspecified atom stereocenters. The molecule has 71 valence electrons. The van der Waals surface area contributed by atoms with Crippen molar-refractivity contribution in [2.24, 2.45) is 0 Å². The second-order valence-electron chi connectivity index (χ2n) is 2.70. The first-order chi connectivity index (χ1) is 5.63. The summed E-state index contributed by atoms with van der Waals surface area (Å²) < 4.78 is 0. The van der Waals surface area contributed by atoms with E-state index in [0.717, 1.165) is 12.8 Å². The van der Waals surface area contributed by atoms with Gasteiger partial charge in [-0.25, -0.2) is 0 Å².